The lowest BCUT2D eigenvalue weighted by Gasteiger charge is -2.10. The molecular weight excluding hydrogens is 393 g/mol. The molecule has 0 unspecified atom stereocenters. The summed E-state index contributed by atoms with van der Waals surface area (Å²) in [6, 6.07) is 11.6. The Balaban J connectivity index is 2.36. The Morgan fingerprint density at radius 2 is 1.80 bits per heavy atom. The van der Waals surface area contributed by atoms with Crippen LogP contribution in [0.4, 0.5) is 5.69 Å². The Bertz CT molecular complexity index is 688. The summed E-state index contributed by atoms with van der Waals surface area (Å²) in [5.41, 5.74) is 0.535. The van der Waals surface area contributed by atoms with E-state index in [1.807, 2.05) is 28.7 Å². The molecule has 102 valence electrons. The van der Waals surface area contributed by atoms with Gasteiger partial charge in [-0.3, -0.25) is 4.79 Å². The maximum absolute atomic E-state index is 12.2. The second kappa shape index (κ2) is 6.23. The van der Waals surface area contributed by atoms with Gasteiger partial charge in [-0.05, 0) is 46.9 Å². The zero-order chi connectivity index (χ0) is 14.7. The van der Waals surface area contributed by atoms with Crippen molar-refractivity contribution in [2.45, 2.75) is 0 Å². The van der Waals surface area contributed by atoms with Crippen molar-refractivity contribution in [3.05, 3.63) is 62.2 Å². The summed E-state index contributed by atoms with van der Waals surface area (Å²) in [5, 5.41) is 11.8. The fraction of sp³-hybridized carbons (Fsp3) is 0. The van der Waals surface area contributed by atoms with Gasteiger partial charge in [0, 0.05) is 3.57 Å². The van der Waals surface area contributed by atoms with Gasteiger partial charge in [-0.25, -0.2) is 4.79 Å². The molecule has 0 bridgehead atoms. The number of carboxylic acids is 1. The molecule has 2 rings (SSSR count). The van der Waals surface area contributed by atoms with Crippen molar-refractivity contribution >= 4 is 51.8 Å². The van der Waals surface area contributed by atoms with Crippen LogP contribution in [0.15, 0.2) is 42.5 Å². The predicted molar refractivity (Wildman–Crippen MR) is 85.5 cm³/mol. The maximum atomic E-state index is 12.2. The first-order chi connectivity index (χ1) is 9.50. The van der Waals surface area contributed by atoms with Crippen LogP contribution in [0.1, 0.15) is 20.7 Å². The second-order valence-corrected chi connectivity index (χ2v) is 5.47. The van der Waals surface area contributed by atoms with E-state index in [4.69, 9.17) is 16.7 Å². The Morgan fingerprint density at radius 3 is 2.45 bits per heavy atom. The van der Waals surface area contributed by atoms with Crippen LogP contribution in [-0.4, -0.2) is 17.0 Å². The van der Waals surface area contributed by atoms with E-state index in [2.05, 4.69) is 5.32 Å². The summed E-state index contributed by atoms with van der Waals surface area (Å²) < 4.78 is 0.779. The zero-order valence-electron chi connectivity index (χ0n) is 10.1. The van der Waals surface area contributed by atoms with Gasteiger partial charge in [0.15, 0.2) is 0 Å². The molecule has 4 nitrogen and oxygen atoms in total. The summed E-state index contributed by atoms with van der Waals surface area (Å²) in [6.45, 7) is 0. The maximum Gasteiger partial charge on any atom is 0.339 e. The van der Waals surface area contributed by atoms with Gasteiger partial charge in [0.2, 0.25) is 0 Å². The number of rotatable bonds is 3. The molecule has 2 aromatic carbocycles. The normalized spacial score (nSPS) is 10.1. The summed E-state index contributed by atoms with van der Waals surface area (Å²) in [6.07, 6.45) is 0. The van der Waals surface area contributed by atoms with Crippen molar-refractivity contribution in [2.75, 3.05) is 5.32 Å². The third-order valence-corrected chi connectivity index (χ3v) is 3.85. The summed E-state index contributed by atoms with van der Waals surface area (Å²) in [4.78, 5) is 23.4. The topological polar surface area (TPSA) is 66.4 Å². The van der Waals surface area contributed by atoms with E-state index in [0.717, 1.165) is 3.57 Å². The first kappa shape index (κ1) is 14.8. The highest BCUT2D eigenvalue weighted by Gasteiger charge is 2.17. The van der Waals surface area contributed by atoms with Crippen molar-refractivity contribution < 1.29 is 14.7 Å². The number of nitrogens with one attached hydrogen (secondary N) is 1. The monoisotopic (exact) mass is 401 g/mol. The molecule has 0 radical (unpaired) electrons. The van der Waals surface area contributed by atoms with Gasteiger partial charge < -0.3 is 10.4 Å². The van der Waals surface area contributed by atoms with Crippen LogP contribution in [0.2, 0.25) is 5.02 Å². The lowest BCUT2D eigenvalue weighted by molar-refractivity contribution is 0.0698. The van der Waals surface area contributed by atoms with Crippen LogP contribution >= 0.6 is 34.2 Å². The number of hydrogen-bond acceptors (Lipinski definition) is 2. The highest BCUT2D eigenvalue weighted by Crippen LogP contribution is 2.25. The number of carboxylic acid groups (broad SMARTS) is 1. The second-order valence-electron chi connectivity index (χ2n) is 3.90. The Kier molecular flexibility index (Phi) is 4.61. The van der Waals surface area contributed by atoms with Gasteiger partial charge in [0.1, 0.15) is 5.56 Å². The van der Waals surface area contributed by atoms with Gasteiger partial charge in [0.05, 0.1) is 16.3 Å². The number of amides is 1. The van der Waals surface area contributed by atoms with Gasteiger partial charge in [-0.2, -0.15) is 0 Å². The quantitative estimate of drug-likeness (QED) is 0.767. The molecular formula is C14H9ClINO3. The van der Waals surface area contributed by atoms with Crippen molar-refractivity contribution in [1.82, 2.24) is 0 Å². The molecule has 2 aromatic rings. The molecule has 0 aliphatic heterocycles. The first-order valence-electron chi connectivity index (χ1n) is 5.58. The molecule has 6 heteroatoms. The average Bonchev–Trinajstić information content (AvgIpc) is 2.38. The molecule has 0 saturated carbocycles. The van der Waals surface area contributed by atoms with Crippen molar-refractivity contribution in [2.24, 2.45) is 0 Å². The summed E-state index contributed by atoms with van der Waals surface area (Å²) in [7, 11) is 0. The van der Waals surface area contributed by atoms with Gasteiger partial charge in [-0.1, -0.05) is 29.8 Å². The van der Waals surface area contributed by atoms with Crippen molar-refractivity contribution in [1.29, 1.82) is 0 Å². The minimum atomic E-state index is -1.19. The molecule has 1 amide bonds. The number of carbonyl (C=O) groups excluding carboxylic acids is 1. The number of benzene rings is 2. The lowest BCUT2D eigenvalue weighted by Crippen LogP contribution is -2.16. The van der Waals surface area contributed by atoms with Gasteiger partial charge in [-0.15, -0.1) is 0 Å². The standard InChI is InChI=1S/C14H9ClINO3/c15-9-5-3-7-11(12(9)14(19)20)17-13(18)8-4-1-2-6-10(8)16/h1-7H,(H,17,18)(H,19,20). The fourth-order valence-corrected chi connectivity index (χ4v) is 2.57. The summed E-state index contributed by atoms with van der Waals surface area (Å²) in [5.74, 6) is -1.56. The van der Waals surface area contributed by atoms with Crippen molar-refractivity contribution in [3.8, 4) is 0 Å². The molecule has 0 atom stereocenters. The van der Waals surface area contributed by atoms with Crippen LogP contribution in [0.25, 0.3) is 0 Å². The van der Waals surface area contributed by atoms with Gasteiger partial charge in [0.25, 0.3) is 5.91 Å². The van der Waals surface area contributed by atoms with E-state index in [1.54, 1.807) is 24.3 Å². The molecule has 0 aliphatic carbocycles. The lowest BCUT2D eigenvalue weighted by atomic mass is 10.1. The zero-order valence-corrected chi connectivity index (χ0v) is 13.0. The Labute approximate surface area is 133 Å². The molecule has 0 aliphatic rings. The highest BCUT2D eigenvalue weighted by molar-refractivity contribution is 14.1. The number of aromatic carboxylic acids is 1. The van der Waals surface area contributed by atoms with Crippen molar-refractivity contribution in [3.63, 3.8) is 0 Å². The number of hydrogen-bond donors (Lipinski definition) is 2. The number of carbonyl (C=O) groups is 2. The van der Waals surface area contributed by atoms with E-state index >= 15 is 0 Å². The van der Waals surface area contributed by atoms with E-state index in [1.165, 1.54) is 12.1 Å². The molecule has 0 spiro atoms. The first-order valence-corrected chi connectivity index (χ1v) is 7.04. The third kappa shape index (κ3) is 3.10. The van der Waals surface area contributed by atoms with Crippen LogP contribution < -0.4 is 5.32 Å². The molecule has 0 heterocycles. The van der Waals surface area contributed by atoms with Crippen LogP contribution in [0, 0.1) is 3.57 Å². The van der Waals surface area contributed by atoms with E-state index in [-0.39, 0.29) is 22.2 Å². The summed E-state index contributed by atoms with van der Waals surface area (Å²) >= 11 is 7.90. The minimum Gasteiger partial charge on any atom is -0.478 e. The van der Waals surface area contributed by atoms with E-state index < -0.39 is 5.97 Å². The highest BCUT2D eigenvalue weighted by atomic mass is 127. The largest absolute Gasteiger partial charge is 0.478 e. The van der Waals surface area contributed by atoms with E-state index in [9.17, 15) is 9.59 Å². The predicted octanol–water partition coefficient (Wildman–Crippen LogP) is 3.90. The Morgan fingerprint density at radius 1 is 1.10 bits per heavy atom. The average molecular weight is 402 g/mol. The van der Waals surface area contributed by atoms with E-state index in [0.29, 0.717) is 5.56 Å². The number of anilines is 1. The smallest absolute Gasteiger partial charge is 0.339 e. The van der Waals surface area contributed by atoms with Gasteiger partial charge >= 0.3 is 5.97 Å². The molecule has 0 saturated heterocycles. The minimum absolute atomic E-state index is 0.0815. The Hall–Kier alpha value is -1.60. The molecule has 2 N–H and O–H groups in total. The fourth-order valence-electron chi connectivity index (χ4n) is 1.68. The molecule has 0 fully saturated rings. The molecule has 20 heavy (non-hydrogen) atoms. The van der Waals surface area contributed by atoms with Crippen LogP contribution in [-0.2, 0) is 0 Å². The SMILES string of the molecule is O=C(Nc1cccc(Cl)c1C(=O)O)c1ccccc1I. The van der Waals surface area contributed by atoms with Crippen LogP contribution in [0.3, 0.4) is 0 Å². The molecule has 0 aromatic heterocycles. The van der Waals surface area contributed by atoms with Crippen LogP contribution in [0.5, 0.6) is 0 Å². The number of halogens is 2. The third-order valence-electron chi connectivity index (χ3n) is 2.59.